The van der Waals surface area contributed by atoms with E-state index in [-0.39, 0.29) is 18.1 Å². The van der Waals surface area contributed by atoms with Crippen LogP contribution in [0.3, 0.4) is 0 Å². The molecule has 0 amide bonds. The number of hydrogen-bond acceptors (Lipinski definition) is 10. The van der Waals surface area contributed by atoms with Crippen LogP contribution in [0.5, 0.6) is 11.5 Å². The van der Waals surface area contributed by atoms with Gasteiger partial charge in [0.05, 0.1) is 18.1 Å². The van der Waals surface area contributed by atoms with Gasteiger partial charge in [-0.1, -0.05) is 43.3 Å². The predicted octanol–water partition coefficient (Wildman–Crippen LogP) is 5.48. The van der Waals surface area contributed by atoms with Crippen LogP contribution in [0.25, 0.3) is 0 Å². The van der Waals surface area contributed by atoms with Crippen LogP contribution >= 0.6 is 0 Å². The first kappa shape index (κ1) is 31.0. The third-order valence-corrected chi connectivity index (χ3v) is 9.70. The maximum absolute atomic E-state index is 13.5. The number of benzene rings is 2. The van der Waals surface area contributed by atoms with E-state index in [1.807, 2.05) is 12.1 Å². The van der Waals surface area contributed by atoms with Crippen molar-refractivity contribution in [1.29, 1.82) is 0 Å². The van der Waals surface area contributed by atoms with Gasteiger partial charge in [0.2, 0.25) is 6.10 Å². The first-order valence-electron chi connectivity index (χ1n) is 15.4. The van der Waals surface area contributed by atoms with E-state index in [2.05, 4.69) is 6.92 Å². The van der Waals surface area contributed by atoms with Gasteiger partial charge in [-0.15, -0.1) is 0 Å². The lowest BCUT2D eigenvalue weighted by atomic mass is 9.45. The molecule has 10 nitrogen and oxygen atoms in total. The van der Waals surface area contributed by atoms with E-state index < -0.39 is 53.0 Å². The molecule has 7 atom stereocenters. The van der Waals surface area contributed by atoms with Crippen molar-refractivity contribution < 1.29 is 47.9 Å². The van der Waals surface area contributed by atoms with Crippen LogP contribution in [-0.2, 0) is 40.4 Å². The Hall–Kier alpha value is -4.05. The predicted molar refractivity (Wildman–Crippen MR) is 160 cm³/mol. The quantitative estimate of drug-likeness (QED) is 0.314. The Bertz CT molecular complexity index is 1540. The molecule has 4 aliphatic rings. The van der Waals surface area contributed by atoms with Crippen molar-refractivity contribution in [3.63, 3.8) is 0 Å². The van der Waals surface area contributed by atoms with Crippen LogP contribution in [0.4, 0.5) is 4.79 Å². The molecule has 1 fully saturated rings. The van der Waals surface area contributed by atoms with Gasteiger partial charge in [-0.3, -0.25) is 0 Å². The van der Waals surface area contributed by atoms with Crippen molar-refractivity contribution in [3.8, 4) is 11.5 Å². The standard InChI is InChI=1S/C35H40O10/c1-19-14-16-34-26-22-12-13-24(40-6)28(26)43-29(34)25(15-17-35(34,39)23(19)18-22)42-30(36)20(2)41-31(37)27(21-10-8-7-9-11-21)44-32(38)45-33(3,4)5/h7-13,15,19-20,23,27,29,39H,14,16-18H2,1-6H3/t19?,20-,23-,27-,29-,34-,35+/m0/s1. The summed E-state index contributed by atoms with van der Waals surface area (Å²) >= 11 is 0. The summed E-state index contributed by atoms with van der Waals surface area (Å²) in [6.07, 6.45) is -0.372. The van der Waals surface area contributed by atoms with Gasteiger partial charge in [0.1, 0.15) is 11.4 Å². The second-order valence-corrected chi connectivity index (χ2v) is 13.5. The van der Waals surface area contributed by atoms with Crippen molar-refractivity contribution in [1.82, 2.24) is 0 Å². The smallest absolute Gasteiger partial charge is 0.493 e. The minimum atomic E-state index is -1.47. The molecule has 10 heteroatoms. The highest BCUT2D eigenvalue weighted by Gasteiger charge is 2.72. The summed E-state index contributed by atoms with van der Waals surface area (Å²) in [5.74, 6) is -0.0881. The van der Waals surface area contributed by atoms with Crippen LogP contribution < -0.4 is 9.47 Å². The number of aliphatic hydroxyl groups is 1. The fourth-order valence-electron chi connectivity index (χ4n) is 7.70. The molecule has 1 heterocycles. The maximum Gasteiger partial charge on any atom is 0.509 e. The summed E-state index contributed by atoms with van der Waals surface area (Å²) in [6.45, 7) is 8.59. The van der Waals surface area contributed by atoms with E-state index in [1.165, 1.54) is 6.92 Å². The zero-order valence-corrected chi connectivity index (χ0v) is 26.5. The Labute approximate surface area is 262 Å². The molecule has 2 aromatic rings. The Balaban J connectivity index is 1.23. The molecule has 240 valence electrons. The van der Waals surface area contributed by atoms with E-state index in [4.69, 9.17) is 28.4 Å². The lowest BCUT2D eigenvalue weighted by Crippen LogP contribution is -2.69. The second-order valence-electron chi connectivity index (χ2n) is 13.5. The number of methoxy groups -OCH3 is 1. The molecular formula is C35H40O10. The Morgan fingerprint density at radius 3 is 2.47 bits per heavy atom. The van der Waals surface area contributed by atoms with Gasteiger partial charge in [0.15, 0.2) is 23.7 Å². The summed E-state index contributed by atoms with van der Waals surface area (Å²) in [6, 6.07) is 12.3. The van der Waals surface area contributed by atoms with Crippen LogP contribution in [0.2, 0.25) is 0 Å². The number of hydrogen-bond donors (Lipinski definition) is 1. The SMILES string of the molecule is COc1ccc2c3c1O[C@H]1C(OC(=O)[C@H](C)OC(=O)[C@@H](OC(=O)OC(C)(C)C)c4ccccc4)=CC[C@@]4(O)[C@@H](C2)C(C)CC[C@]314. The lowest BCUT2D eigenvalue weighted by Gasteiger charge is -2.61. The molecule has 1 spiro atoms. The molecule has 1 saturated carbocycles. The van der Waals surface area contributed by atoms with Crippen LogP contribution in [-0.4, -0.2) is 53.7 Å². The lowest BCUT2D eigenvalue weighted by molar-refractivity contribution is -0.179. The average Bonchev–Trinajstić information content (AvgIpc) is 3.34. The summed E-state index contributed by atoms with van der Waals surface area (Å²) in [7, 11) is 1.57. The maximum atomic E-state index is 13.5. The van der Waals surface area contributed by atoms with Crippen LogP contribution in [0.15, 0.2) is 54.3 Å². The summed E-state index contributed by atoms with van der Waals surface area (Å²) in [4.78, 5) is 39.2. The molecule has 0 saturated heterocycles. The monoisotopic (exact) mass is 620 g/mol. The molecule has 1 N–H and O–H groups in total. The fourth-order valence-corrected chi connectivity index (χ4v) is 7.70. The van der Waals surface area contributed by atoms with Gasteiger partial charge in [0.25, 0.3) is 0 Å². The van der Waals surface area contributed by atoms with Crippen molar-refractivity contribution in [2.45, 2.75) is 95.2 Å². The molecule has 0 radical (unpaired) electrons. The Kier molecular flexibility index (Phi) is 7.62. The molecule has 3 aliphatic carbocycles. The van der Waals surface area contributed by atoms with Crippen LogP contribution in [0.1, 0.15) is 76.7 Å². The minimum Gasteiger partial charge on any atom is -0.493 e. The highest BCUT2D eigenvalue weighted by Crippen LogP contribution is 2.68. The average molecular weight is 621 g/mol. The topological polar surface area (TPSA) is 127 Å². The van der Waals surface area contributed by atoms with E-state index >= 15 is 0 Å². The molecular weight excluding hydrogens is 580 g/mol. The highest BCUT2D eigenvalue weighted by atomic mass is 16.7. The van der Waals surface area contributed by atoms with Gasteiger partial charge in [-0.25, -0.2) is 14.4 Å². The zero-order chi connectivity index (χ0) is 32.3. The third kappa shape index (κ3) is 5.03. The molecule has 6 rings (SSSR count). The van der Waals surface area contributed by atoms with E-state index in [9.17, 15) is 19.5 Å². The number of carbonyl (C=O) groups is 3. The van der Waals surface area contributed by atoms with Crippen molar-refractivity contribution in [2.75, 3.05) is 7.11 Å². The largest absolute Gasteiger partial charge is 0.509 e. The molecule has 1 unspecified atom stereocenters. The number of carbonyl (C=O) groups excluding carboxylic acids is 3. The number of esters is 2. The van der Waals surface area contributed by atoms with E-state index in [1.54, 1.807) is 64.3 Å². The van der Waals surface area contributed by atoms with Gasteiger partial charge in [-0.2, -0.15) is 0 Å². The van der Waals surface area contributed by atoms with Gasteiger partial charge in [-0.05, 0) is 82.9 Å². The van der Waals surface area contributed by atoms with Crippen molar-refractivity contribution in [3.05, 3.63) is 71.0 Å². The Morgan fingerprint density at radius 1 is 1.04 bits per heavy atom. The summed E-state index contributed by atoms with van der Waals surface area (Å²) in [5, 5.41) is 12.4. The van der Waals surface area contributed by atoms with Crippen molar-refractivity contribution in [2.24, 2.45) is 11.8 Å². The Morgan fingerprint density at radius 2 is 1.78 bits per heavy atom. The first-order valence-corrected chi connectivity index (χ1v) is 15.4. The van der Waals surface area contributed by atoms with Crippen molar-refractivity contribution >= 4 is 18.1 Å². The molecule has 0 aromatic heterocycles. The molecule has 2 aromatic carbocycles. The van der Waals surface area contributed by atoms with Gasteiger partial charge in [0, 0.05) is 11.1 Å². The summed E-state index contributed by atoms with van der Waals surface area (Å²) in [5.41, 5.74) is -0.353. The molecule has 45 heavy (non-hydrogen) atoms. The molecule has 2 bridgehead atoms. The highest BCUT2D eigenvalue weighted by molar-refractivity contribution is 5.84. The van der Waals surface area contributed by atoms with Crippen LogP contribution in [0, 0.1) is 11.8 Å². The molecule has 1 aliphatic heterocycles. The summed E-state index contributed by atoms with van der Waals surface area (Å²) < 4.78 is 34.2. The zero-order valence-electron chi connectivity index (χ0n) is 26.5. The van der Waals surface area contributed by atoms with Gasteiger partial charge < -0.3 is 33.5 Å². The third-order valence-electron chi connectivity index (χ3n) is 9.70. The van der Waals surface area contributed by atoms with E-state index in [0.717, 1.165) is 24.0 Å². The fraction of sp³-hybridized carbons (Fsp3) is 0.514. The number of ether oxygens (including phenoxy) is 6. The minimum absolute atomic E-state index is 0.0115. The first-order chi connectivity index (χ1) is 21.3. The number of rotatable bonds is 7. The second kappa shape index (κ2) is 11.1. The normalized spacial score (nSPS) is 28.8. The van der Waals surface area contributed by atoms with Gasteiger partial charge >= 0.3 is 18.1 Å². The van der Waals surface area contributed by atoms with E-state index in [0.29, 0.717) is 29.4 Å².